The summed E-state index contributed by atoms with van der Waals surface area (Å²) in [7, 11) is 0. The van der Waals surface area contributed by atoms with Crippen LogP contribution in [0.25, 0.3) is 11.1 Å². The van der Waals surface area contributed by atoms with Crippen LogP contribution in [0.4, 0.5) is 10.6 Å². The number of rotatable bonds is 3. The number of hydrogen-bond acceptors (Lipinski definition) is 6. The Bertz CT molecular complexity index is 896. The van der Waals surface area contributed by atoms with Gasteiger partial charge in [0.05, 0.1) is 24.5 Å². The third-order valence-corrected chi connectivity index (χ3v) is 4.56. The van der Waals surface area contributed by atoms with E-state index in [2.05, 4.69) is 16.2 Å². The van der Waals surface area contributed by atoms with Crippen LogP contribution in [0.1, 0.15) is 36.4 Å². The number of hydrogen-bond donors (Lipinski definition) is 1. The molecule has 0 spiro atoms. The molecule has 1 aliphatic rings. The average Bonchev–Trinajstić information content (AvgIpc) is 3.01. The second-order valence-electron chi connectivity index (χ2n) is 6.14. The third kappa shape index (κ3) is 2.96. The highest BCUT2D eigenvalue weighted by atomic mass is 16.6. The number of pyridine rings is 1. The Kier molecular flexibility index (Phi) is 4.80. The molecule has 0 aromatic carbocycles. The molecule has 0 saturated heterocycles. The number of carbonyl (C=O) groups excluding carboxylic acids is 1. The van der Waals surface area contributed by atoms with Crippen molar-refractivity contribution < 1.29 is 9.53 Å². The molecule has 0 bridgehead atoms. The third-order valence-electron chi connectivity index (χ3n) is 4.56. The molecule has 0 radical (unpaired) electrons. The van der Waals surface area contributed by atoms with Gasteiger partial charge in [0.1, 0.15) is 17.5 Å². The van der Waals surface area contributed by atoms with Gasteiger partial charge in [0.25, 0.3) is 0 Å². The van der Waals surface area contributed by atoms with E-state index in [1.54, 1.807) is 11.8 Å². The molecule has 26 heavy (non-hydrogen) atoms. The second-order valence-corrected chi connectivity index (χ2v) is 6.14. The van der Waals surface area contributed by atoms with Gasteiger partial charge in [-0.05, 0) is 20.8 Å². The Morgan fingerprint density at radius 1 is 1.46 bits per heavy atom. The summed E-state index contributed by atoms with van der Waals surface area (Å²) in [5.41, 5.74) is 10.4. The fourth-order valence-electron chi connectivity index (χ4n) is 3.29. The quantitative estimate of drug-likeness (QED) is 0.905. The van der Waals surface area contributed by atoms with E-state index in [0.29, 0.717) is 31.7 Å². The minimum atomic E-state index is -0.361. The largest absolute Gasteiger partial charge is 0.450 e. The number of aryl methyl sites for hydroxylation is 2. The fraction of sp³-hybridized carbons (Fsp3) is 0.444. The van der Waals surface area contributed by atoms with Crippen molar-refractivity contribution in [2.45, 2.75) is 40.3 Å². The molecule has 0 atom stereocenters. The van der Waals surface area contributed by atoms with Crippen molar-refractivity contribution in [1.82, 2.24) is 19.7 Å². The molecule has 136 valence electrons. The average molecular weight is 354 g/mol. The number of aromatic nitrogens is 3. The normalized spacial score (nSPS) is 13.2. The van der Waals surface area contributed by atoms with Gasteiger partial charge < -0.3 is 15.4 Å². The van der Waals surface area contributed by atoms with Gasteiger partial charge in [-0.25, -0.2) is 9.78 Å². The maximum atomic E-state index is 12.2. The molecule has 0 aliphatic carbocycles. The monoisotopic (exact) mass is 354 g/mol. The van der Waals surface area contributed by atoms with E-state index in [-0.39, 0.29) is 11.9 Å². The number of amides is 1. The molecular weight excluding hydrogens is 332 g/mol. The predicted octanol–water partition coefficient (Wildman–Crippen LogP) is 2.24. The first-order valence-electron chi connectivity index (χ1n) is 8.67. The van der Waals surface area contributed by atoms with E-state index in [1.165, 1.54) is 0 Å². The Balaban J connectivity index is 2.17. The van der Waals surface area contributed by atoms with Crippen molar-refractivity contribution in [1.29, 1.82) is 5.26 Å². The summed E-state index contributed by atoms with van der Waals surface area (Å²) >= 11 is 0. The highest BCUT2D eigenvalue weighted by molar-refractivity contribution is 5.81. The van der Waals surface area contributed by atoms with Gasteiger partial charge >= 0.3 is 6.09 Å². The van der Waals surface area contributed by atoms with Crippen LogP contribution in [0.3, 0.4) is 0 Å². The van der Waals surface area contributed by atoms with Crippen LogP contribution in [0, 0.1) is 18.3 Å². The van der Waals surface area contributed by atoms with Gasteiger partial charge in [-0.2, -0.15) is 10.4 Å². The smallest absolute Gasteiger partial charge is 0.410 e. The Hall–Kier alpha value is -3.08. The number of anilines is 1. The van der Waals surface area contributed by atoms with Crippen LogP contribution >= 0.6 is 0 Å². The standard InChI is InChI=1S/C18H22N6O2/c1-4-24-10-13(11(3)22-24)16-12(8-19)17(20)21-15-6-7-23(9-14(15)16)18(25)26-5-2/h10H,4-7,9H2,1-3H3,(H2,20,21). The number of nitriles is 1. The molecule has 0 unspecified atom stereocenters. The number of nitrogens with two attached hydrogens (primary N) is 1. The molecule has 2 aromatic heterocycles. The van der Waals surface area contributed by atoms with E-state index < -0.39 is 0 Å². The van der Waals surface area contributed by atoms with E-state index in [9.17, 15) is 10.1 Å². The molecular formula is C18H22N6O2. The molecule has 1 aliphatic heterocycles. The molecule has 8 heteroatoms. The molecule has 2 aromatic rings. The Morgan fingerprint density at radius 3 is 2.85 bits per heavy atom. The summed E-state index contributed by atoms with van der Waals surface area (Å²) in [6.45, 7) is 7.57. The molecule has 0 fully saturated rings. The number of ether oxygens (including phenoxy) is 1. The minimum absolute atomic E-state index is 0.217. The van der Waals surface area contributed by atoms with Gasteiger partial charge in [-0.15, -0.1) is 0 Å². The van der Waals surface area contributed by atoms with Crippen molar-refractivity contribution in [3.63, 3.8) is 0 Å². The van der Waals surface area contributed by atoms with E-state index in [0.717, 1.165) is 34.6 Å². The van der Waals surface area contributed by atoms with Crippen molar-refractivity contribution in [3.05, 3.63) is 28.7 Å². The van der Waals surface area contributed by atoms with E-state index in [4.69, 9.17) is 10.5 Å². The molecule has 2 N–H and O–H groups in total. The zero-order valence-electron chi connectivity index (χ0n) is 15.2. The number of nitrogen functional groups attached to an aromatic ring is 1. The number of nitrogens with zero attached hydrogens (tertiary/aromatic N) is 5. The maximum Gasteiger partial charge on any atom is 0.410 e. The zero-order chi connectivity index (χ0) is 18.8. The first kappa shape index (κ1) is 17.7. The summed E-state index contributed by atoms with van der Waals surface area (Å²) in [4.78, 5) is 18.2. The second kappa shape index (κ2) is 7.04. The molecule has 8 nitrogen and oxygen atoms in total. The summed E-state index contributed by atoms with van der Waals surface area (Å²) in [6.07, 6.45) is 2.12. The Morgan fingerprint density at radius 2 is 2.23 bits per heavy atom. The van der Waals surface area contributed by atoms with Crippen molar-refractivity contribution in [2.24, 2.45) is 0 Å². The van der Waals surface area contributed by atoms with Crippen LogP contribution in [0.5, 0.6) is 0 Å². The minimum Gasteiger partial charge on any atom is -0.450 e. The summed E-state index contributed by atoms with van der Waals surface area (Å²) < 4.78 is 6.95. The van der Waals surface area contributed by atoms with Gasteiger partial charge in [0.15, 0.2) is 0 Å². The zero-order valence-corrected chi connectivity index (χ0v) is 15.2. The topological polar surface area (TPSA) is 110 Å². The fourth-order valence-corrected chi connectivity index (χ4v) is 3.29. The Labute approximate surface area is 152 Å². The van der Waals surface area contributed by atoms with Gasteiger partial charge in [-0.1, -0.05) is 0 Å². The van der Waals surface area contributed by atoms with Crippen LogP contribution in [0.2, 0.25) is 0 Å². The lowest BCUT2D eigenvalue weighted by molar-refractivity contribution is 0.102. The van der Waals surface area contributed by atoms with Gasteiger partial charge in [-0.3, -0.25) is 4.68 Å². The van der Waals surface area contributed by atoms with Crippen LogP contribution in [0.15, 0.2) is 6.20 Å². The van der Waals surface area contributed by atoms with Crippen LogP contribution in [-0.2, 0) is 24.2 Å². The van der Waals surface area contributed by atoms with Crippen molar-refractivity contribution in [2.75, 3.05) is 18.9 Å². The summed E-state index contributed by atoms with van der Waals surface area (Å²) in [6, 6.07) is 2.18. The lowest BCUT2D eigenvalue weighted by atomic mass is 9.91. The molecule has 1 amide bonds. The van der Waals surface area contributed by atoms with Crippen LogP contribution in [-0.4, -0.2) is 38.9 Å². The number of fused-ring (bicyclic) bond motifs is 1. The lowest BCUT2D eigenvalue weighted by Gasteiger charge is -2.29. The molecule has 3 heterocycles. The van der Waals surface area contributed by atoms with E-state index >= 15 is 0 Å². The van der Waals surface area contributed by atoms with Crippen molar-refractivity contribution >= 4 is 11.9 Å². The van der Waals surface area contributed by atoms with E-state index in [1.807, 2.05) is 24.7 Å². The van der Waals surface area contributed by atoms with Crippen molar-refractivity contribution in [3.8, 4) is 17.2 Å². The molecule has 3 rings (SSSR count). The predicted molar refractivity (Wildman–Crippen MR) is 96.1 cm³/mol. The first-order valence-corrected chi connectivity index (χ1v) is 8.67. The SMILES string of the molecule is CCOC(=O)N1CCc2nc(N)c(C#N)c(-c3cn(CC)nc3C)c2C1. The lowest BCUT2D eigenvalue weighted by Crippen LogP contribution is -2.37. The van der Waals surface area contributed by atoms with Gasteiger partial charge in [0, 0.05) is 42.4 Å². The molecule has 0 saturated carbocycles. The first-order chi connectivity index (χ1) is 12.5. The summed E-state index contributed by atoms with van der Waals surface area (Å²) in [5, 5.41) is 14.2. The number of carbonyl (C=O) groups is 1. The van der Waals surface area contributed by atoms with Gasteiger partial charge in [0.2, 0.25) is 0 Å². The highest BCUT2D eigenvalue weighted by Crippen LogP contribution is 2.36. The van der Waals surface area contributed by atoms with Crippen LogP contribution < -0.4 is 5.73 Å². The highest BCUT2D eigenvalue weighted by Gasteiger charge is 2.29. The summed E-state index contributed by atoms with van der Waals surface area (Å²) in [5.74, 6) is 0.217. The maximum absolute atomic E-state index is 12.2.